The summed E-state index contributed by atoms with van der Waals surface area (Å²) in [6, 6.07) is 5.59. The molecule has 110 valence electrons. The zero-order valence-corrected chi connectivity index (χ0v) is 12.9. The lowest BCUT2D eigenvalue weighted by Crippen LogP contribution is -2.55. The van der Waals surface area contributed by atoms with Crippen molar-refractivity contribution in [3.05, 3.63) is 23.4 Å². The summed E-state index contributed by atoms with van der Waals surface area (Å²) in [6.45, 7) is 8.87. The van der Waals surface area contributed by atoms with Crippen LogP contribution in [-0.4, -0.2) is 47.6 Å². The molecule has 2 amide bonds. The number of pyridine rings is 1. The average Bonchev–Trinajstić information content (AvgIpc) is 2.37. The highest BCUT2D eigenvalue weighted by Gasteiger charge is 2.24. The molecule has 0 aliphatic carbocycles. The molecule has 2 heterocycles. The van der Waals surface area contributed by atoms with E-state index >= 15 is 0 Å². The highest BCUT2D eigenvalue weighted by atomic mass is 35.5. The third-order valence-electron chi connectivity index (χ3n) is 3.07. The van der Waals surface area contributed by atoms with Gasteiger partial charge in [0.2, 0.25) is 0 Å². The van der Waals surface area contributed by atoms with E-state index in [1.165, 1.54) is 0 Å². The van der Waals surface area contributed by atoms with Crippen LogP contribution in [0.25, 0.3) is 0 Å². The summed E-state index contributed by atoms with van der Waals surface area (Å²) < 4.78 is 0. The Morgan fingerprint density at radius 3 is 2.45 bits per heavy atom. The second-order valence-corrected chi connectivity index (χ2v) is 6.36. The number of nitrogens with one attached hydrogen (secondary N) is 1. The molecule has 1 aliphatic heterocycles. The molecule has 0 unspecified atom stereocenters. The van der Waals surface area contributed by atoms with Crippen molar-refractivity contribution in [3.63, 3.8) is 0 Å². The minimum atomic E-state index is -0.206. The van der Waals surface area contributed by atoms with E-state index in [0.29, 0.717) is 18.2 Å². The standard InChI is InChI=1S/C14H21ClN4O/c1-14(2,3)17-13(20)19-9-7-18(8-10-19)12-6-4-5-11(15)16-12/h4-6H,7-10H2,1-3H3,(H,17,20). The van der Waals surface area contributed by atoms with Gasteiger partial charge in [0.25, 0.3) is 0 Å². The van der Waals surface area contributed by atoms with Crippen LogP contribution in [0.5, 0.6) is 0 Å². The minimum absolute atomic E-state index is 0.00352. The van der Waals surface area contributed by atoms with E-state index in [4.69, 9.17) is 11.6 Å². The van der Waals surface area contributed by atoms with Gasteiger partial charge in [0.1, 0.15) is 11.0 Å². The van der Waals surface area contributed by atoms with Crippen molar-refractivity contribution in [2.24, 2.45) is 0 Å². The molecule has 1 fully saturated rings. The molecule has 1 N–H and O–H groups in total. The van der Waals surface area contributed by atoms with E-state index in [9.17, 15) is 4.79 Å². The predicted octanol–water partition coefficient (Wildman–Crippen LogP) is 2.37. The Morgan fingerprint density at radius 1 is 1.25 bits per heavy atom. The van der Waals surface area contributed by atoms with Crippen molar-refractivity contribution >= 4 is 23.4 Å². The Hall–Kier alpha value is -1.49. The van der Waals surface area contributed by atoms with Gasteiger partial charge in [-0.25, -0.2) is 9.78 Å². The fourth-order valence-electron chi connectivity index (χ4n) is 2.11. The number of carbonyl (C=O) groups excluding carboxylic acids is 1. The van der Waals surface area contributed by atoms with Gasteiger partial charge in [0, 0.05) is 31.7 Å². The number of piperazine rings is 1. The van der Waals surface area contributed by atoms with Gasteiger partial charge in [0.15, 0.2) is 0 Å². The lowest BCUT2D eigenvalue weighted by atomic mass is 10.1. The molecule has 6 heteroatoms. The molecule has 0 atom stereocenters. The second-order valence-electron chi connectivity index (χ2n) is 5.97. The number of amides is 2. The third-order valence-corrected chi connectivity index (χ3v) is 3.28. The Bertz CT molecular complexity index is 478. The summed E-state index contributed by atoms with van der Waals surface area (Å²) in [5.41, 5.74) is -0.206. The first-order valence-corrected chi connectivity index (χ1v) is 7.17. The predicted molar refractivity (Wildman–Crippen MR) is 81.3 cm³/mol. The van der Waals surface area contributed by atoms with Crippen molar-refractivity contribution in [2.75, 3.05) is 31.1 Å². The molecule has 0 radical (unpaired) electrons. The van der Waals surface area contributed by atoms with E-state index in [2.05, 4.69) is 15.2 Å². The van der Waals surface area contributed by atoms with Crippen LogP contribution in [0.3, 0.4) is 0 Å². The highest BCUT2D eigenvalue weighted by Crippen LogP contribution is 2.16. The first-order valence-electron chi connectivity index (χ1n) is 6.80. The number of halogens is 1. The minimum Gasteiger partial charge on any atom is -0.353 e. The molecule has 0 bridgehead atoms. The molecule has 0 spiro atoms. The van der Waals surface area contributed by atoms with Crippen molar-refractivity contribution < 1.29 is 4.79 Å². The average molecular weight is 297 g/mol. The molecule has 1 aromatic rings. The van der Waals surface area contributed by atoms with Crippen LogP contribution in [0.2, 0.25) is 5.15 Å². The van der Waals surface area contributed by atoms with Crippen LogP contribution in [0, 0.1) is 0 Å². The van der Waals surface area contributed by atoms with Gasteiger partial charge in [-0.3, -0.25) is 0 Å². The zero-order chi connectivity index (χ0) is 14.8. The maximum Gasteiger partial charge on any atom is 0.317 e. The lowest BCUT2D eigenvalue weighted by Gasteiger charge is -2.36. The lowest BCUT2D eigenvalue weighted by molar-refractivity contribution is 0.185. The number of urea groups is 1. The molecular formula is C14H21ClN4O. The van der Waals surface area contributed by atoms with Crippen molar-refractivity contribution in [3.8, 4) is 0 Å². The molecule has 1 aliphatic rings. The van der Waals surface area contributed by atoms with Crippen molar-refractivity contribution in [1.29, 1.82) is 0 Å². The van der Waals surface area contributed by atoms with Crippen LogP contribution in [0.1, 0.15) is 20.8 Å². The fraction of sp³-hybridized carbons (Fsp3) is 0.571. The maximum absolute atomic E-state index is 12.1. The van der Waals surface area contributed by atoms with E-state index in [-0.39, 0.29) is 11.6 Å². The Balaban J connectivity index is 1.91. The topological polar surface area (TPSA) is 48.5 Å². The van der Waals surface area contributed by atoms with E-state index in [0.717, 1.165) is 18.9 Å². The monoisotopic (exact) mass is 296 g/mol. The van der Waals surface area contributed by atoms with Gasteiger partial charge in [-0.05, 0) is 32.9 Å². The van der Waals surface area contributed by atoms with Gasteiger partial charge < -0.3 is 15.1 Å². The first-order chi connectivity index (χ1) is 9.35. The fourth-order valence-corrected chi connectivity index (χ4v) is 2.27. The zero-order valence-electron chi connectivity index (χ0n) is 12.2. The number of hydrogen-bond acceptors (Lipinski definition) is 3. The van der Waals surface area contributed by atoms with Crippen LogP contribution in [-0.2, 0) is 0 Å². The largest absolute Gasteiger partial charge is 0.353 e. The Kier molecular flexibility index (Phi) is 4.38. The number of hydrogen-bond donors (Lipinski definition) is 1. The van der Waals surface area contributed by atoms with Gasteiger partial charge >= 0.3 is 6.03 Å². The molecule has 20 heavy (non-hydrogen) atoms. The van der Waals surface area contributed by atoms with Crippen molar-refractivity contribution in [1.82, 2.24) is 15.2 Å². The summed E-state index contributed by atoms with van der Waals surface area (Å²) in [5.74, 6) is 0.869. The van der Waals surface area contributed by atoms with E-state index in [1.54, 1.807) is 6.07 Å². The quantitative estimate of drug-likeness (QED) is 0.810. The summed E-state index contributed by atoms with van der Waals surface area (Å²) in [4.78, 5) is 20.4. The highest BCUT2D eigenvalue weighted by molar-refractivity contribution is 6.29. The van der Waals surface area contributed by atoms with Gasteiger partial charge in [-0.2, -0.15) is 0 Å². The number of anilines is 1. The number of aromatic nitrogens is 1. The SMILES string of the molecule is CC(C)(C)NC(=O)N1CCN(c2cccc(Cl)n2)CC1. The molecule has 1 aromatic heterocycles. The van der Waals surface area contributed by atoms with Gasteiger partial charge in [-0.15, -0.1) is 0 Å². The number of nitrogens with zero attached hydrogens (tertiary/aromatic N) is 3. The Morgan fingerprint density at radius 2 is 1.90 bits per heavy atom. The first kappa shape index (κ1) is 14.9. The third kappa shape index (κ3) is 4.00. The number of carbonyl (C=O) groups is 1. The smallest absolute Gasteiger partial charge is 0.317 e. The number of rotatable bonds is 1. The maximum atomic E-state index is 12.1. The van der Waals surface area contributed by atoms with Crippen LogP contribution in [0.4, 0.5) is 10.6 Å². The van der Waals surface area contributed by atoms with E-state index < -0.39 is 0 Å². The van der Waals surface area contributed by atoms with E-state index in [1.807, 2.05) is 37.8 Å². The summed E-state index contributed by atoms with van der Waals surface area (Å²) in [5, 5.41) is 3.48. The molecule has 1 saturated heterocycles. The van der Waals surface area contributed by atoms with Crippen LogP contribution >= 0.6 is 11.6 Å². The second kappa shape index (κ2) is 5.87. The molecule has 0 aromatic carbocycles. The molecule has 0 saturated carbocycles. The Labute approximate surface area is 124 Å². The molecule has 2 rings (SSSR count). The molecule has 5 nitrogen and oxygen atoms in total. The normalized spacial score (nSPS) is 16.2. The molecular weight excluding hydrogens is 276 g/mol. The summed E-state index contributed by atoms with van der Waals surface area (Å²) in [6.07, 6.45) is 0. The van der Waals surface area contributed by atoms with Crippen molar-refractivity contribution in [2.45, 2.75) is 26.3 Å². The van der Waals surface area contributed by atoms with Gasteiger partial charge in [-0.1, -0.05) is 17.7 Å². The summed E-state index contributed by atoms with van der Waals surface area (Å²) in [7, 11) is 0. The van der Waals surface area contributed by atoms with Gasteiger partial charge in [0.05, 0.1) is 0 Å². The summed E-state index contributed by atoms with van der Waals surface area (Å²) >= 11 is 5.90. The van der Waals surface area contributed by atoms with Crippen LogP contribution in [0.15, 0.2) is 18.2 Å². The van der Waals surface area contributed by atoms with Crippen LogP contribution < -0.4 is 10.2 Å².